The van der Waals surface area contributed by atoms with E-state index in [0.29, 0.717) is 5.02 Å². The number of anilines is 1. The Morgan fingerprint density at radius 2 is 1.96 bits per heavy atom. The number of amides is 2. The molecule has 0 aliphatic heterocycles. The molecule has 0 radical (unpaired) electrons. The van der Waals surface area contributed by atoms with Crippen LogP contribution in [0.3, 0.4) is 0 Å². The molecule has 0 spiro atoms. The Balaban J connectivity index is 1.91. The number of benzene rings is 2. The van der Waals surface area contributed by atoms with Crippen molar-refractivity contribution in [2.45, 2.75) is 6.61 Å². The number of primary amides is 1. The zero-order valence-electron chi connectivity index (χ0n) is 13.4. The summed E-state index contributed by atoms with van der Waals surface area (Å²) in [5, 5.41) is 2.81. The van der Waals surface area contributed by atoms with E-state index in [0.717, 1.165) is 5.56 Å². The summed E-state index contributed by atoms with van der Waals surface area (Å²) in [6, 6.07) is 10.8. The number of halogens is 2. The summed E-state index contributed by atoms with van der Waals surface area (Å²) in [4.78, 5) is 19.3. The van der Waals surface area contributed by atoms with Crippen molar-refractivity contribution in [2.24, 2.45) is 5.73 Å². The number of hydrogen-bond acceptors (Lipinski definition) is 4. The largest absolute Gasteiger partial charge is 0.471 e. The second kappa shape index (κ2) is 7.79. The van der Waals surface area contributed by atoms with Crippen LogP contribution < -0.4 is 15.8 Å². The lowest BCUT2D eigenvalue weighted by atomic mass is 10.1. The summed E-state index contributed by atoms with van der Waals surface area (Å²) in [6.45, 7) is 0.188. The van der Waals surface area contributed by atoms with Crippen LogP contribution in [0.5, 0.6) is 5.88 Å². The monoisotopic (exact) mass is 372 g/mol. The average Bonchev–Trinajstić information content (AvgIpc) is 2.62. The number of rotatable bonds is 5. The third kappa shape index (κ3) is 4.07. The molecule has 0 fully saturated rings. The van der Waals surface area contributed by atoms with Crippen molar-refractivity contribution in [2.75, 3.05) is 5.32 Å². The molecule has 0 aliphatic rings. The Kier molecular flexibility index (Phi) is 5.28. The van der Waals surface area contributed by atoms with Crippen molar-refractivity contribution in [1.29, 1.82) is 0 Å². The molecule has 3 aromatic rings. The van der Waals surface area contributed by atoms with E-state index in [-0.39, 0.29) is 29.4 Å². The molecule has 132 valence electrons. The summed E-state index contributed by atoms with van der Waals surface area (Å²) >= 11 is 5.96. The van der Waals surface area contributed by atoms with Crippen LogP contribution in [0.15, 0.2) is 54.9 Å². The Morgan fingerprint density at radius 3 is 2.73 bits per heavy atom. The maximum atomic E-state index is 14.7. The van der Waals surface area contributed by atoms with Gasteiger partial charge in [0.2, 0.25) is 5.88 Å². The fourth-order valence-corrected chi connectivity index (χ4v) is 2.55. The van der Waals surface area contributed by atoms with Gasteiger partial charge in [-0.3, -0.25) is 0 Å². The Labute approximate surface area is 153 Å². The van der Waals surface area contributed by atoms with Crippen LogP contribution in [0.4, 0.5) is 14.9 Å². The predicted octanol–water partition coefficient (Wildman–Crippen LogP) is 4.01. The normalized spacial score (nSPS) is 10.4. The smallest absolute Gasteiger partial charge is 0.316 e. The topological polar surface area (TPSA) is 90.1 Å². The second-order valence-corrected chi connectivity index (χ2v) is 5.72. The van der Waals surface area contributed by atoms with Crippen LogP contribution in [-0.2, 0) is 6.61 Å². The highest BCUT2D eigenvalue weighted by molar-refractivity contribution is 6.30. The van der Waals surface area contributed by atoms with Crippen LogP contribution in [0.2, 0.25) is 5.02 Å². The SMILES string of the molecule is NC(=O)Nc1cccc(-c2nccnc2OCc2cccc(Cl)c2)c1F. The van der Waals surface area contributed by atoms with Crippen molar-refractivity contribution >= 4 is 23.3 Å². The molecule has 8 heteroatoms. The molecule has 0 unspecified atom stereocenters. The quantitative estimate of drug-likeness (QED) is 0.708. The number of aromatic nitrogens is 2. The maximum absolute atomic E-state index is 14.7. The van der Waals surface area contributed by atoms with Crippen LogP contribution in [0.25, 0.3) is 11.3 Å². The molecule has 0 saturated carbocycles. The van der Waals surface area contributed by atoms with E-state index < -0.39 is 11.8 Å². The first-order valence-corrected chi connectivity index (χ1v) is 7.96. The number of ether oxygens (including phenoxy) is 1. The van der Waals surface area contributed by atoms with Gasteiger partial charge < -0.3 is 15.8 Å². The van der Waals surface area contributed by atoms with Gasteiger partial charge in [-0.05, 0) is 29.8 Å². The molecule has 1 heterocycles. The minimum atomic E-state index is -0.863. The first kappa shape index (κ1) is 17.6. The molecule has 26 heavy (non-hydrogen) atoms. The van der Waals surface area contributed by atoms with Gasteiger partial charge in [-0.1, -0.05) is 29.8 Å². The Hall–Kier alpha value is -3.19. The van der Waals surface area contributed by atoms with Crippen LogP contribution >= 0.6 is 11.6 Å². The van der Waals surface area contributed by atoms with Gasteiger partial charge in [0.25, 0.3) is 0 Å². The highest BCUT2D eigenvalue weighted by atomic mass is 35.5. The number of nitrogens with zero attached hydrogens (tertiary/aromatic N) is 2. The summed E-state index contributed by atoms with van der Waals surface area (Å²) in [5.41, 5.74) is 6.17. The Morgan fingerprint density at radius 1 is 1.19 bits per heavy atom. The van der Waals surface area contributed by atoms with Gasteiger partial charge >= 0.3 is 6.03 Å². The molecule has 0 saturated heterocycles. The predicted molar refractivity (Wildman–Crippen MR) is 96.4 cm³/mol. The average molecular weight is 373 g/mol. The van der Waals surface area contributed by atoms with E-state index in [1.54, 1.807) is 24.3 Å². The number of carbonyl (C=O) groups excluding carboxylic acids is 1. The van der Waals surface area contributed by atoms with Gasteiger partial charge in [-0.2, -0.15) is 0 Å². The zero-order valence-corrected chi connectivity index (χ0v) is 14.2. The molecule has 2 aromatic carbocycles. The summed E-state index contributed by atoms with van der Waals surface area (Å²) < 4.78 is 20.4. The van der Waals surface area contributed by atoms with Crippen molar-refractivity contribution < 1.29 is 13.9 Å². The number of carbonyl (C=O) groups is 1. The lowest BCUT2D eigenvalue weighted by Gasteiger charge is -2.12. The van der Waals surface area contributed by atoms with Crippen molar-refractivity contribution in [3.63, 3.8) is 0 Å². The minimum absolute atomic E-state index is 0.0542. The van der Waals surface area contributed by atoms with Gasteiger partial charge in [0.15, 0.2) is 5.82 Å². The third-order valence-electron chi connectivity index (χ3n) is 3.44. The maximum Gasteiger partial charge on any atom is 0.316 e. The van der Waals surface area contributed by atoms with Crippen LogP contribution in [0, 0.1) is 5.82 Å². The minimum Gasteiger partial charge on any atom is -0.471 e. The zero-order chi connectivity index (χ0) is 18.5. The van der Waals surface area contributed by atoms with Gasteiger partial charge in [-0.25, -0.2) is 19.2 Å². The highest BCUT2D eigenvalue weighted by Gasteiger charge is 2.17. The molecule has 0 atom stereocenters. The molecule has 3 rings (SSSR count). The van der Waals surface area contributed by atoms with Crippen molar-refractivity contribution in [3.8, 4) is 17.1 Å². The van der Waals surface area contributed by atoms with E-state index >= 15 is 0 Å². The van der Waals surface area contributed by atoms with E-state index in [9.17, 15) is 9.18 Å². The van der Waals surface area contributed by atoms with Gasteiger partial charge in [0.1, 0.15) is 12.3 Å². The number of urea groups is 1. The molecular weight excluding hydrogens is 359 g/mol. The lowest BCUT2D eigenvalue weighted by molar-refractivity contribution is 0.259. The van der Waals surface area contributed by atoms with Gasteiger partial charge in [0.05, 0.1) is 5.69 Å². The van der Waals surface area contributed by atoms with Crippen molar-refractivity contribution in [1.82, 2.24) is 9.97 Å². The Bertz CT molecular complexity index is 952. The first-order valence-electron chi connectivity index (χ1n) is 7.58. The van der Waals surface area contributed by atoms with E-state index in [1.807, 2.05) is 6.07 Å². The standard InChI is InChI=1S/C18H14ClFN4O2/c19-12-4-1-3-11(9-12)10-26-17-16(22-7-8-23-17)13-5-2-6-14(15(13)20)24-18(21)25/h1-9H,10H2,(H3,21,24,25). The molecule has 3 N–H and O–H groups in total. The number of nitrogens with one attached hydrogen (secondary N) is 1. The highest BCUT2D eigenvalue weighted by Crippen LogP contribution is 2.31. The summed E-state index contributed by atoms with van der Waals surface area (Å²) in [7, 11) is 0. The second-order valence-electron chi connectivity index (χ2n) is 5.29. The number of nitrogens with two attached hydrogens (primary N) is 1. The summed E-state index contributed by atoms with van der Waals surface area (Å²) in [6.07, 6.45) is 2.87. The van der Waals surface area contributed by atoms with Crippen molar-refractivity contribution in [3.05, 3.63) is 71.3 Å². The molecule has 0 bridgehead atoms. The molecule has 1 aromatic heterocycles. The van der Waals surface area contributed by atoms with E-state index in [1.165, 1.54) is 24.5 Å². The van der Waals surface area contributed by atoms with Gasteiger partial charge in [-0.15, -0.1) is 0 Å². The fraction of sp³-hybridized carbons (Fsp3) is 0.0556. The fourth-order valence-electron chi connectivity index (χ4n) is 2.34. The molecule has 0 aliphatic carbocycles. The van der Waals surface area contributed by atoms with E-state index in [2.05, 4.69) is 15.3 Å². The molecule has 6 nitrogen and oxygen atoms in total. The van der Waals surface area contributed by atoms with Crippen LogP contribution in [0.1, 0.15) is 5.56 Å². The first-order chi connectivity index (χ1) is 12.5. The third-order valence-corrected chi connectivity index (χ3v) is 3.68. The number of hydrogen-bond donors (Lipinski definition) is 2. The van der Waals surface area contributed by atoms with Gasteiger partial charge in [0, 0.05) is 23.0 Å². The molecular formula is C18H14ClFN4O2. The lowest BCUT2D eigenvalue weighted by Crippen LogP contribution is -2.20. The molecule has 2 amide bonds. The summed E-state index contributed by atoms with van der Waals surface area (Å²) in [5.74, 6) is -0.526. The van der Waals surface area contributed by atoms with E-state index in [4.69, 9.17) is 22.1 Å². The van der Waals surface area contributed by atoms with Crippen LogP contribution in [-0.4, -0.2) is 16.0 Å².